The van der Waals surface area contributed by atoms with Gasteiger partial charge in [0, 0.05) is 5.92 Å². The summed E-state index contributed by atoms with van der Waals surface area (Å²) in [6.45, 7) is 1.62. The summed E-state index contributed by atoms with van der Waals surface area (Å²) in [5.74, 6) is 2.95. The van der Waals surface area contributed by atoms with Crippen LogP contribution in [0.5, 0.6) is 0 Å². The van der Waals surface area contributed by atoms with Gasteiger partial charge in [-0.2, -0.15) is 10.9 Å². The van der Waals surface area contributed by atoms with Gasteiger partial charge in [0.15, 0.2) is 5.69 Å². The Balaban J connectivity index is 1.56. The lowest BCUT2D eigenvalue weighted by molar-refractivity contribution is 0.0446. The van der Waals surface area contributed by atoms with Gasteiger partial charge in [0.1, 0.15) is 12.4 Å². The highest BCUT2D eigenvalue weighted by molar-refractivity contribution is 5.91. The van der Waals surface area contributed by atoms with Crippen molar-refractivity contribution in [2.75, 3.05) is 6.61 Å². The summed E-state index contributed by atoms with van der Waals surface area (Å²) >= 11 is 0. The van der Waals surface area contributed by atoms with E-state index in [0.717, 1.165) is 22.3 Å². The van der Waals surface area contributed by atoms with Gasteiger partial charge < -0.3 is 14.0 Å². The van der Waals surface area contributed by atoms with Gasteiger partial charge in [-0.15, -0.1) is 0 Å². The monoisotopic (exact) mass is 364 g/mol. The number of benzene rings is 2. The minimum atomic E-state index is -0.881. The predicted octanol–water partition coefficient (Wildman–Crippen LogP) is 2.98. The van der Waals surface area contributed by atoms with Crippen molar-refractivity contribution in [3.63, 3.8) is 0 Å². The minimum Gasteiger partial charge on any atom is -0.458 e. The molecule has 2 N–H and O–H groups in total. The third-order valence-corrected chi connectivity index (χ3v) is 4.62. The largest absolute Gasteiger partial charge is 0.458 e. The van der Waals surface area contributed by atoms with Gasteiger partial charge in [-0.3, -0.25) is 0 Å². The zero-order chi connectivity index (χ0) is 19.0. The fourth-order valence-corrected chi connectivity index (χ4v) is 3.39. The van der Waals surface area contributed by atoms with Crippen molar-refractivity contribution in [1.29, 1.82) is 0 Å². The van der Waals surface area contributed by atoms with Gasteiger partial charge in [-0.05, 0) is 29.2 Å². The normalized spacial score (nSPS) is 12.4. The molecule has 0 saturated heterocycles. The molecule has 0 radical (unpaired) electrons. The van der Waals surface area contributed by atoms with Crippen molar-refractivity contribution < 1.29 is 23.6 Å². The second kappa shape index (κ2) is 6.69. The third kappa shape index (κ3) is 2.88. The molecule has 0 bridgehead atoms. The van der Waals surface area contributed by atoms with Crippen molar-refractivity contribution in [2.24, 2.45) is 5.90 Å². The number of fused-ring (bicyclic) bond motifs is 3. The number of hydrogen-bond acceptors (Lipinski definition) is 7. The molecule has 7 nitrogen and oxygen atoms in total. The number of aromatic nitrogens is 1. The molecule has 0 aliphatic heterocycles. The van der Waals surface area contributed by atoms with E-state index in [1.165, 1.54) is 6.92 Å². The Morgan fingerprint density at radius 1 is 1.04 bits per heavy atom. The van der Waals surface area contributed by atoms with Crippen LogP contribution in [0.4, 0.5) is 0 Å². The number of hydrogen-bond donors (Lipinski definition) is 1. The van der Waals surface area contributed by atoms with Crippen molar-refractivity contribution in [2.45, 2.75) is 12.8 Å². The lowest BCUT2D eigenvalue weighted by atomic mass is 9.98. The van der Waals surface area contributed by atoms with E-state index in [1.54, 1.807) is 0 Å². The van der Waals surface area contributed by atoms with Crippen molar-refractivity contribution in [1.82, 2.24) is 4.98 Å². The summed E-state index contributed by atoms with van der Waals surface area (Å²) in [4.78, 5) is 31.8. The van der Waals surface area contributed by atoms with Crippen molar-refractivity contribution in [3.8, 4) is 11.1 Å². The maximum Gasteiger partial charge on any atom is 0.394 e. The van der Waals surface area contributed by atoms with Crippen molar-refractivity contribution >= 4 is 11.9 Å². The van der Waals surface area contributed by atoms with Crippen LogP contribution in [0.2, 0.25) is 0 Å². The average Bonchev–Trinajstić information content (AvgIpc) is 3.24. The molecular weight excluding hydrogens is 348 g/mol. The number of oxazole rings is 1. The Morgan fingerprint density at radius 2 is 1.63 bits per heavy atom. The highest BCUT2D eigenvalue weighted by atomic mass is 16.7. The van der Waals surface area contributed by atoms with Crippen LogP contribution in [0.3, 0.4) is 0 Å². The first kappa shape index (κ1) is 17.0. The van der Waals surface area contributed by atoms with Gasteiger partial charge in [0.05, 0.1) is 0 Å². The highest BCUT2D eigenvalue weighted by Crippen LogP contribution is 2.44. The van der Waals surface area contributed by atoms with Gasteiger partial charge in [-0.1, -0.05) is 48.5 Å². The quantitative estimate of drug-likeness (QED) is 0.560. The standard InChI is InChI=1S/C20H16N2O5/c1-11-17(19(23)27-21)22-18(26-11)20(24)25-10-16-14-8-4-2-6-12(14)13-7-3-5-9-15(13)16/h2-9,16H,10,21H2,1H3. The SMILES string of the molecule is Cc1oc(C(=O)OCC2c3ccccc3-c3ccccc32)nc1C(=O)ON. The van der Waals surface area contributed by atoms with Crippen LogP contribution in [0.1, 0.15) is 44.0 Å². The third-order valence-electron chi connectivity index (χ3n) is 4.62. The Hall–Kier alpha value is -3.45. The molecular formula is C20H16N2O5. The van der Waals surface area contributed by atoms with E-state index in [4.69, 9.17) is 15.1 Å². The molecule has 0 spiro atoms. The molecule has 1 aromatic heterocycles. The number of carbonyl (C=O) groups is 2. The van der Waals surface area contributed by atoms with Crippen LogP contribution in [0.25, 0.3) is 11.1 Å². The van der Waals surface area contributed by atoms with Crippen LogP contribution in [-0.4, -0.2) is 23.5 Å². The van der Waals surface area contributed by atoms with Gasteiger partial charge in [0.2, 0.25) is 0 Å². The Labute approximate surface area is 154 Å². The van der Waals surface area contributed by atoms with Crippen LogP contribution in [-0.2, 0) is 9.57 Å². The maximum atomic E-state index is 12.3. The molecule has 0 amide bonds. The minimum absolute atomic E-state index is 0.0779. The first-order chi connectivity index (χ1) is 13.1. The molecule has 0 fully saturated rings. The molecule has 1 aliphatic carbocycles. The number of nitrogens with zero attached hydrogens (tertiary/aromatic N) is 1. The number of aryl methyl sites for hydroxylation is 1. The van der Waals surface area contributed by atoms with Crippen LogP contribution in [0.15, 0.2) is 52.9 Å². The molecule has 0 unspecified atom stereocenters. The molecule has 2 aromatic carbocycles. The highest BCUT2D eigenvalue weighted by Gasteiger charge is 2.30. The van der Waals surface area contributed by atoms with E-state index in [0.29, 0.717) is 0 Å². The lowest BCUT2D eigenvalue weighted by Gasteiger charge is -2.13. The smallest absolute Gasteiger partial charge is 0.394 e. The predicted molar refractivity (Wildman–Crippen MR) is 94.8 cm³/mol. The van der Waals surface area contributed by atoms with E-state index in [-0.39, 0.29) is 29.9 Å². The van der Waals surface area contributed by atoms with E-state index in [9.17, 15) is 9.59 Å². The van der Waals surface area contributed by atoms with E-state index in [2.05, 4.69) is 22.0 Å². The number of rotatable bonds is 4. The summed E-state index contributed by atoms with van der Waals surface area (Å²) < 4.78 is 10.6. The molecule has 0 atom stereocenters. The second-order valence-corrected chi connectivity index (χ2v) is 6.15. The molecule has 1 heterocycles. The van der Waals surface area contributed by atoms with Crippen LogP contribution < -0.4 is 5.90 Å². The number of carbonyl (C=O) groups excluding carboxylic acids is 2. The summed E-state index contributed by atoms with van der Waals surface area (Å²) in [5, 5.41) is 0. The molecule has 4 rings (SSSR count). The first-order valence-corrected chi connectivity index (χ1v) is 8.34. The number of esters is 1. The molecule has 3 aromatic rings. The van der Waals surface area contributed by atoms with Crippen molar-refractivity contribution in [3.05, 3.63) is 77.0 Å². The summed E-state index contributed by atoms with van der Waals surface area (Å²) in [6, 6.07) is 16.0. The van der Waals surface area contributed by atoms with E-state index < -0.39 is 11.9 Å². The number of nitrogens with two attached hydrogens (primary N) is 1. The Kier molecular flexibility index (Phi) is 4.21. The van der Waals surface area contributed by atoms with Gasteiger partial charge in [-0.25, -0.2) is 9.59 Å². The molecule has 27 heavy (non-hydrogen) atoms. The lowest BCUT2D eigenvalue weighted by Crippen LogP contribution is -2.14. The average molecular weight is 364 g/mol. The zero-order valence-corrected chi connectivity index (χ0v) is 14.5. The van der Waals surface area contributed by atoms with E-state index >= 15 is 0 Å². The second-order valence-electron chi connectivity index (χ2n) is 6.15. The Bertz CT molecular complexity index is 995. The number of ether oxygens (including phenoxy) is 1. The topological polar surface area (TPSA) is 105 Å². The molecule has 136 valence electrons. The first-order valence-electron chi connectivity index (χ1n) is 8.34. The fraction of sp³-hybridized carbons (Fsp3) is 0.150. The van der Waals surface area contributed by atoms with Gasteiger partial charge in [0.25, 0.3) is 0 Å². The molecule has 1 aliphatic rings. The summed E-state index contributed by atoms with van der Waals surface area (Å²) in [6.07, 6.45) is 0. The summed E-state index contributed by atoms with van der Waals surface area (Å²) in [7, 11) is 0. The zero-order valence-electron chi connectivity index (χ0n) is 14.5. The van der Waals surface area contributed by atoms with Gasteiger partial charge >= 0.3 is 17.8 Å². The van der Waals surface area contributed by atoms with Crippen LogP contribution in [0, 0.1) is 6.92 Å². The molecule has 7 heteroatoms. The Morgan fingerprint density at radius 3 is 2.22 bits per heavy atom. The summed E-state index contributed by atoms with van der Waals surface area (Å²) in [5.41, 5.74) is 4.31. The fourth-order valence-electron chi connectivity index (χ4n) is 3.39. The van der Waals surface area contributed by atoms with Crippen LogP contribution >= 0.6 is 0 Å². The maximum absolute atomic E-state index is 12.3. The molecule has 0 saturated carbocycles. The van der Waals surface area contributed by atoms with E-state index in [1.807, 2.05) is 36.4 Å².